The van der Waals surface area contributed by atoms with Crippen LogP contribution in [0.4, 0.5) is 0 Å². The lowest BCUT2D eigenvalue weighted by molar-refractivity contribution is 0.0676. The molecule has 5 nitrogen and oxygen atoms in total. The van der Waals surface area contributed by atoms with E-state index in [1.54, 1.807) is 12.1 Å². The minimum atomic E-state index is -0.583. The predicted octanol–water partition coefficient (Wildman–Crippen LogP) is 1.91. The molecule has 1 N–H and O–H groups in total. The van der Waals surface area contributed by atoms with Gasteiger partial charge in [0.15, 0.2) is 11.5 Å². The van der Waals surface area contributed by atoms with Crippen LogP contribution in [0.2, 0.25) is 0 Å². The van der Waals surface area contributed by atoms with Crippen molar-refractivity contribution in [3.05, 3.63) is 17.7 Å². The van der Waals surface area contributed by atoms with E-state index >= 15 is 0 Å². The van der Waals surface area contributed by atoms with Crippen molar-refractivity contribution in [3.8, 4) is 17.2 Å². The number of carbonyl (C=O) groups is 1. The van der Waals surface area contributed by atoms with Crippen LogP contribution in [0.1, 0.15) is 24.2 Å². The summed E-state index contributed by atoms with van der Waals surface area (Å²) in [6, 6.07) is 3.12. The molecule has 1 unspecified atom stereocenters. The molecule has 106 valence electrons. The fourth-order valence-corrected chi connectivity index (χ4v) is 1.47. The molecule has 0 radical (unpaired) electrons. The maximum atomic E-state index is 10.8. The van der Waals surface area contributed by atoms with Crippen LogP contribution in [0.25, 0.3) is 0 Å². The van der Waals surface area contributed by atoms with Gasteiger partial charge in [-0.15, -0.1) is 0 Å². The molecule has 0 heterocycles. The van der Waals surface area contributed by atoms with Crippen molar-refractivity contribution in [2.45, 2.75) is 20.0 Å². The number of hydrogen-bond donors (Lipinski definition) is 1. The van der Waals surface area contributed by atoms with Gasteiger partial charge in [-0.1, -0.05) is 13.8 Å². The van der Waals surface area contributed by atoms with Crippen molar-refractivity contribution in [1.82, 2.24) is 0 Å². The average molecular weight is 268 g/mol. The average Bonchev–Trinajstić information content (AvgIpc) is 2.43. The second kappa shape index (κ2) is 6.99. The molecule has 19 heavy (non-hydrogen) atoms. The Morgan fingerprint density at radius 2 is 1.74 bits per heavy atom. The van der Waals surface area contributed by atoms with E-state index in [4.69, 9.17) is 14.2 Å². The number of aldehydes is 1. The Labute approximate surface area is 113 Å². The fourth-order valence-electron chi connectivity index (χ4n) is 1.47. The third-order valence-corrected chi connectivity index (χ3v) is 2.79. The summed E-state index contributed by atoms with van der Waals surface area (Å²) in [5.41, 5.74) is 0.436. The van der Waals surface area contributed by atoms with Gasteiger partial charge in [-0.2, -0.15) is 0 Å². The first-order valence-corrected chi connectivity index (χ1v) is 6.05. The van der Waals surface area contributed by atoms with E-state index < -0.39 is 6.10 Å². The number of benzene rings is 1. The predicted molar refractivity (Wildman–Crippen MR) is 71.3 cm³/mol. The molecular formula is C14H20O5. The van der Waals surface area contributed by atoms with Gasteiger partial charge >= 0.3 is 0 Å². The van der Waals surface area contributed by atoms with Crippen LogP contribution in [0.5, 0.6) is 17.2 Å². The first kappa shape index (κ1) is 15.3. The Kier molecular flexibility index (Phi) is 5.63. The quantitative estimate of drug-likeness (QED) is 0.765. The van der Waals surface area contributed by atoms with Crippen LogP contribution in [0.15, 0.2) is 12.1 Å². The van der Waals surface area contributed by atoms with E-state index in [9.17, 15) is 9.90 Å². The first-order valence-electron chi connectivity index (χ1n) is 6.05. The van der Waals surface area contributed by atoms with Gasteiger partial charge in [-0.3, -0.25) is 4.79 Å². The molecule has 1 aromatic carbocycles. The number of ether oxygens (including phenoxy) is 3. The van der Waals surface area contributed by atoms with Crippen LogP contribution in [-0.2, 0) is 0 Å². The van der Waals surface area contributed by atoms with Gasteiger partial charge in [0.1, 0.15) is 12.9 Å². The second-order valence-corrected chi connectivity index (χ2v) is 4.49. The van der Waals surface area contributed by atoms with Crippen molar-refractivity contribution >= 4 is 6.29 Å². The molecular weight excluding hydrogens is 248 g/mol. The highest BCUT2D eigenvalue weighted by Gasteiger charge is 2.17. The molecule has 0 fully saturated rings. The highest BCUT2D eigenvalue weighted by Crippen LogP contribution is 2.38. The van der Waals surface area contributed by atoms with E-state index in [1.165, 1.54) is 14.2 Å². The Bertz CT molecular complexity index is 403. The molecule has 0 spiro atoms. The standard InChI is InChI=1S/C14H20O5/c1-9(2)11(16)8-19-14-12(17-3)5-10(7-15)6-13(14)18-4/h5-7,9,11,16H,8H2,1-4H3. The Morgan fingerprint density at radius 1 is 1.21 bits per heavy atom. The van der Waals surface area contributed by atoms with Gasteiger partial charge in [0.2, 0.25) is 5.75 Å². The summed E-state index contributed by atoms with van der Waals surface area (Å²) in [4.78, 5) is 10.8. The lowest BCUT2D eigenvalue weighted by Crippen LogP contribution is -2.23. The summed E-state index contributed by atoms with van der Waals surface area (Å²) in [5.74, 6) is 1.27. The second-order valence-electron chi connectivity index (χ2n) is 4.49. The summed E-state index contributed by atoms with van der Waals surface area (Å²) in [5, 5.41) is 9.75. The topological polar surface area (TPSA) is 65.0 Å². The maximum absolute atomic E-state index is 10.8. The number of methoxy groups -OCH3 is 2. The molecule has 0 saturated carbocycles. The van der Waals surface area contributed by atoms with Crippen LogP contribution in [0, 0.1) is 5.92 Å². The molecule has 1 atom stereocenters. The highest BCUT2D eigenvalue weighted by atomic mass is 16.5. The zero-order valence-electron chi connectivity index (χ0n) is 11.7. The molecule has 0 bridgehead atoms. The summed E-state index contributed by atoms with van der Waals surface area (Å²) in [6.07, 6.45) is 0.123. The van der Waals surface area contributed by atoms with Crippen molar-refractivity contribution < 1.29 is 24.1 Å². The Balaban J connectivity index is 3.00. The molecule has 1 aromatic rings. The largest absolute Gasteiger partial charge is 0.493 e. The number of rotatable bonds is 7. The molecule has 0 aliphatic heterocycles. The normalized spacial score (nSPS) is 12.1. The summed E-state index contributed by atoms with van der Waals surface area (Å²) < 4.78 is 15.9. The van der Waals surface area contributed by atoms with Crippen molar-refractivity contribution in [2.75, 3.05) is 20.8 Å². The third-order valence-electron chi connectivity index (χ3n) is 2.79. The zero-order chi connectivity index (χ0) is 14.4. The van der Waals surface area contributed by atoms with E-state index in [-0.39, 0.29) is 12.5 Å². The van der Waals surface area contributed by atoms with Crippen LogP contribution in [0.3, 0.4) is 0 Å². The van der Waals surface area contributed by atoms with Crippen molar-refractivity contribution in [1.29, 1.82) is 0 Å². The SMILES string of the molecule is COc1cc(C=O)cc(OC)c1OCC(O)C(C)C. The number of carbonyl (C=O) groups excluding carboxylic acids is 1. The highest BCUT2D eigenvalue weighted by molar-refractivity contribution is 5.78. The fraction of sp³-hybridized carbons (Fsp3) is 0.500. The first-order chi connectivity index (χ1) is 9.03. The van der Waals surface area contributed by atoms with Crippen molar-refractivity contribution in [2.24, 2.45) is 5.92 Å². The Hall–Kier alpha value is -1.75. The van der Waals surface area contributed by atoms with Crippen LogP contribution in [-0.4, -0.2) is 38.3 Å². The molecule has 5 heteroatoms. The lowest BCUT2D eigenvalue weighted by atomic mass is 10.1. The maximum Gasteiger partial charge on any atom is 0.203 e. The van der Waals surface area contributed by atoms with Crippen molar-refractivity contribution in [3.63, 3.8) is 0 Å². The monoisotopic (exact) mass is 268 g/mol. The van der Waals surface area contributed by atoms with E-state index in [0.29, 0.717) is 29.1 Å². The Morgan fingerprint density at radius 3 is 2.11 bits per heavy atom. The van der Waals surface area contributed by atoms with Crippen LogP contribution < -0.4 is 14.2 Å². The molecule has 0 aliphatic carbocycles. The zero-order valence-corrected chi connectivity index (χ0v) is 11.7. The van der Waals surface area contributed by atoms with E-state index in [0.717, 1.165) is 0 Å². The molecule has 0 aromatic heterocycles. The number of aliphatic hydroxyl groups is 1. The van der Waals surface area contributed by atoms with Gasteiger partial charge in [-0.25, -0.2) is 0 Å². The smallest absolute Gasteiger partial charge is 0.203 e. The molecule has 0 amide bonds. The minimum absolute atomic E-state index is 0.0891. The number of aliphatic hydroxyl groups excluding tert-OH is 1. The number of hydrogen-bond acceptors (Lipinski definition) is 5. The summed E-state index contributed by atoms with van der Waals surface area (Å²) in [6.45, 7) is 3.93. The molecule has 0 aliphatic rings. The minimum Gasteiger partial charge on any atom is -0.493 e. The summed E-state index contributed by atoms with van der Waals surface area (Å²) in [7, 11) is 2.96. The van der Waals surface area contributed by atoms with Gasteiger partial charge in [0.05, 0.1) is 20.3 Å². The van der Waals surface area contributed by atoms with E-state index in [2.05, 4.69) is 0 Å². The van der Waals surface area contributed by atoms with Gasteiger partial charge < -0.3 is 19.3 Å². The van der Waals surface area contributed by atoms with Gasteiger partial charge in [0, 0.05) is 5.56 Å². The lowest BCUT2D eigenvalue weighted by Gasteiger charge is -2.18. The molecule has 0 saturated heterocycles. The van der Waals surface area contributed by atoms with Crippen LogP contribution >= 0.6 is 0 Å². The summed E-state index contributed by atoms with van der Waals surface area (Å²) >= 11 is 0. The third kappa shape index (κ3) is 3.86. The van der Waals surface area contributed by atoms with Gasteiger partial charge in [0.25, 0.3) is 0 Å². The van der Waals surface area contributed by atoms with Gasteiger partial charge in [-0.05, 0) is 18.1 Å². The molecule has 1 rings (SSSR count). The van der Waals surface area contributed by atoms with E-state index in [1.807, 2.05) is 13.8 Å².